The molecule has 0 spiro atoms. The van der Waals surface area contributed by atoms with Gasteiger partial charge < -0.3 is 19.1 Å². The SMILES string of the molecule is Cc1cc(-n2c(C3CCOCC3)c(C3CC[C@](C)(C(=O)O)COC3)c3c(F)c4[nH]ncc4cc32)ccc1F. The molecule has 2 saturated heterocycles. The first-order chi connectivity index (χ1) is 18.3. The highest BCUT2D eigenvalue weighted by atomic mass is 19.1. The Morgan fingerprint density at radius 3 is 2.68 bits per heavy atom. The number of ether oxygens (including phenoxy) is 2. The largest absolute Gasteiger partial charge is 0.481 e. The zero-order valence-electron chi connectivity index (χ0n) is 21.5. The first kappa shape index (κ1) is 25.0. The van der Waals surface area contributed by atoms with Crippen molar-refractivity contribution in [3.8, 4) is 5.69 Å². The minimum absolute atomic E-state index is 0.0847. The van der Waals surface area contributed by atoms with Crippen molar-refractivity contribution in [1.82, 2.24) is 14.8 Å². The molecule has 0 bridgehead atoms. The second-order valence-electron chi connectivity index (χ2n) is 11.0. The Kier molecular flexibility index (Phi) is 6.23. The highest BCUT2D eigenvalue weighted by molar-refractivity contribution is 6.00. The molecule has 2 aliphatic rings. The molecule has 4 aromatic rings. The summed E-state index contributed by atoms with van der Waals surface area (Å²) < 4.78 is 44.5. The molecule has 0 radical (unpaired) electrons. The van der Waals surface area contributed by atoms with Gasteiger partial charge in [0.1, 0.15) is 11.3 Å². The van der Waals surface area contributed by atoms with Gasteiger partial charge in [0.15, 0.2) is 5.82 Å². The summed E-state index contributed by atoms with van der Waals surface area (Å²) >= 11 is 0. The van der Waals surface area contributed by atoms with Crippen LogP contribution in [0.15, 0.2) is 30.5 Å². The van der Waals surface area contributed by atoms with Crippen LogP contribution < -0.4 is 0 Å². The maximum absolute atomic E-state index is 16.4. The minimum Gasteiger partial charge on any atom is -0.481 e. The lowest BCUT2D eigenvalue weighted by molar-refractivity contribution is -0.151. The van der Waals surface area contributed by atoms with Crippen molar-refractivity contribution in [2.75, 3.05) is 26.4 Å². The van der Waals surface area contributed by atoms with Crippen molar-refractivity contribution in [1.29, 1.82) is 0 Å². The molecule has 0 aliphatic carbocycles. The van der Waals surface area contributed by atoms with Crippen LogP contribution >= 0.6 is 0 Å². The van der Waals surface area contributed by atoms with Gasteiger partial charge >= 0.3 is 5.97 Å². The summed E-state index contributed by atoms with van der Waals surface area (Å²) in [7, 11) is 0. The molecular formula is C29H31F2N3O4. The van der Waals surface area contributed by atoms with Crippen LogP contribution in [0.3, 0.4) is 0 Å². The van der Waals surface area contributed by atoms with Crippen LogP contribution in [-0.4, -0.2) is 52.3 Å². The summed E-state index contributed by atoms with van der Waals surface area (Å²) in [5.41, 5.74) is 3.09. The van der Waals surface area contributed by atoms with E-state index in [1.165, 1.54) is 6.07 Å². The third-order valence-electron chi connectivity index (χ3n) is 8.40. The lowest BCUT2D eigenvalue weighted by Gasteiger charge is -2.28. The predicted octanol–water partition coefficient (Wildman–Crippen LogP) is 5.97. The van der Waals surface area contributed by atoms with Gasteiger partial charge in [0, 0.05) is 47.2 Å². The molecule has 200 valence electrons. The van der Waals surface area contributed by atoms with Crippen LogP contribution in [0, 0.1) is 24.0 Å². The van der Waals surface area contributed by atoms with Gasteiger partial charge in [-0.05, 0) is 74.9 Å². The number of carboxylic acid groups (broad SMARTS) is 1. The highest BCUT2D eigenvalue weighted by Gasteiger charge is 2.39. The molecule has 2 aliphatic heterocycles. The molecule has 2 N–H and O–H groups in total. The van der Waals surface area contributed by atoms with Gasteiger partial charge in [0.25, 0.3) is 0 Å². The normalized spacial score (nSPS) is 23.2. The number of nitrogens with one attached hydrogen (secondary N) is 1. The molecule has 38 heavy (non-hydrogen) atoms. The third kappa shape index (κ3) is 3.99. The van der Waals surface area contributed by atoms with E-state index in [-0.39, 0.29) is 30.1 Å². The van der Waals surface area contributed by atoms with Crippen molar-refractivity contribution in [3.63, 3.8) is 0 Å². The van der Waals surface area contributed by atoms with E-state index in [2.05, 4.69) is 14.8 Å². The fraction of sp³-hybridized carbons (Fsp3) is 0.448. The van der Waals surface area contributed by atoms with E-state index in [0.29, 0.717) is 60.0 Å². The molecule has 7 nitrogen and oxygen atoms in total. The molecular weight excluding hydrogens is 492 g/mol. The number of benzene rings is 2. The lowest BCUT2D eigenvalue weighted by atomic mass is 9.81. The molecule has 2 aromatic heterocycles. The Morgan fingerprint density at radius 1 is 1.16 bits per heavy atom. The van der Waals surface area contributed by atoms with Gasteiger partial charge in [-0.15, -0.1) is 0 Å². The van der Waals surface area contributed by atoms with Crippen molar-refractivity contribution >= 4 is 27.8 Å². The number of aryl methyl sites for hydroxylation is 1. The molecule has 2 atom stereocenters. The number of aromatic amines is 1. The van der Waals surface area contributed by atoms with E-state index < -0.39 is 11.4 Å². The van der Waals surface area contributed by atoms with E-state index in [4.69, 9.17) is 9.47 Å². The minimum atomic E-state index is -1.00. The van der Waals surface area contributed by atoms with Crippen LogP contribution in [0.4, 0.5) is 8.78 Å². The first-order valence-electron chi connectivity index (χ1n) is 13.1. The molecule has 2 fully saturated rings. The average Bonchev–Trinajstić information content (AvgIpc) is 3.45. The van der Waals surface area contributed by atoms with E-state index in [0.717, 1.165) is 29.8 Å². The second-order valence-corrected chi connectivity index (χ2v) is 11.0. The fourth-order valence-corrected chi connectivity index (χ4v) is 6.15. The number of hydrogen-bond donors (Lipinski definition) is 2. The Morgan fingerprint density at radius 2 is 1.95 bits per heavy atom. The number of nitrogens with zero attached hydrogens (tertiary/aromatic N) is 2. The van der Waals surface area contributed by atoms with E-state index in [1.54, 1.807) is 32.2 Å². The number of carbonyl (C=O) groups is 1. The van der Waals surface area contributed by atoms with Gasteiger partial charge in [-0.3, -0.25) is 9.89 Å². The molecule has 0 saturated carbocycles. The second kappa shape index (κ2) is 9.47. The van der Waals surface area contributed by atoms with Crippen molar-refractivity contribution in [3.05, 3.63) is 58.9 Å². The van der Waals surface area contributed by atoms with Crippen LogP contribution in [0.25, 0.3) is 27.5 Å². The Labute approximate surface area is 218 Å². The quantitative estimate of drug-likeness (QED) is 0.344. The van der Waals surface area contributed by atoms with Gasteiger partial charge in [-0.2, -0.15) is 5.10 Å². The number of H-pyrrole nitrogens is 1. The van der Waals surface area contributed by atoms with E-state index >= 15 is 4.39 Å². The van der Waals surface area contributed by atoms with Crippen molar-refractivity contribution in [2.24, 2.45) is 5.41 Å². The zero-order valence-corrected chi connectivity index (χ0v) is 21.5. The first-order valence-corrected chi connectivity index (χ1v) is 13.1. The van der Waals surface area contributed by atoms with E-state index in [9.17, 15) is 14.3 Å². The standard InChI is InChI=1S/C29H31F2N3O4/c1-16-11-20(3-4-21(16)30)34-22-12-19-13-32-33-26(19)25(31)24(22)23(27(34)17-6-9-37-10-7-17)18-5-8-29(2,28(35)36)15-38-14-18/h3-4,11-13,17-18H,5-10,14-15H2,1-2H3,(H,32,33)(H,35,36)/t18?,29-/m0/s1. The number of aromatic nitrogens is 3. The summed E-state index contributed by atoms with van der Waals surface area (Å²) in [5, 5.41) is 17.9. The molecule has 4 heterocycles. The molecule has 9 heteroatoms. The van der Waals surface area contributed by atoms with Gasteiger partial charge in [0.2, 0.25) is 0 Å². The van der Waals surface area contributed by atoms with Crippen molar-refractivity contribution in [2.45, 2.75) is 51.4 Å². The maximum Gasteiger partial charge on any atom is 0.311 e. The molecule has 6 rings (SSSR count). The van der Waals surface area contributed by atoms with Gasteiger partial charge in [-0.1, -0.05) is 0 Å². The molecule has 1 unspecified atom stereocenters. The van der Waals surface area contributed by atoms with Crippen molar-refractivity contribution < 1.29 is 28.2 Å². The molecule has 0 amide bonds. The average molecular weight is 524 g/mol. The molecule has 2 aromatic carbocycles. The lowest BCUT2D eigenvalue weighted by Crippen LogP contribution is -2.31. The number of fused-ring (bicyclic) bond motifs is 2. The van der Waals surface area contributed by atoms with Crippen LogP contribution in [0.1, 0.15) is 61.3 Å². The Hall–Kier alpha value is -3.30. The number of rotatable bonds is 4. The number of carboxylic acids is 1. The Bertz CT molecular complexity index is 1540. The Balaban J connectivity index is 1.66. The number of aliphatic carboxylic acids is 1. The summed E-state index contributed by atoms with van der Waals surface area (Å²) in [6.45, 7) is 5.02. The predicted molar refractivity (Wildman–Crippen MR) is 139 cm³/mol. The number of hydrogen-bond acceptors (Lipinski definition) is 4. The van der Waals surface area contributed by atoms with Crippen LogP contribution in [0.2, 0.25) is 0 Å². The topological polar surface area (TPSA) is 89.4 Å². The zero-order chi connectivity index (χ0) is 26.6. The smallest absolute Gasteiger partial charge is 0.311 e. The third-order valence-corrected chi connectivity index (χ3v) is 8.40. The summed E-state index contributed by atoms with van der Waals surface area (Å²) in [6.07, 6.45) is 4.10. The summed E-state index contributed by atoms with van der Waals surface area (Å²) in [6, 6.07) is 6.91. The van der Waals surface area contributed by atoms with Crippen LogP contribution in [0.5, 0.6) is 0 Å². The number of halogens is 2. The van der Waals surface area contributed by atoms with Gasteiger partial charge in [0.05, 0.1) is 30.3 Å². The van der Waals surface area contributed by atoms with Crippen LogP contribution in [-0.2, 0) is 14.3 Å². The monoisotopic (exact) mass is 523 g/mol. The fourth-order valence-electron chi connectivity index (χ4n) is 6.15. The van der Waals surface area contributed by atoms with Gasteiger partial charge in [-0.25, -0.2) is 8.78 Å². The maximum atomic E-state index is 16.4. The summed E-state index contributed by atoms with van der Waals surface area (Å²) in [5.74, 6) is -1.71. The summed E-state index contributed by atoms with van der Waals surface area (Å²) in [4.78, 5) is 12.0. The van der Waals surface area contributed by atoms with E-state index in [1.807, 2.05) is 6.07 Å². The highest BCUT2D eigenvalue weighted by Crippen LogP contribution is 2.47.